The Morgan fingerprint density at radius 3 is 2.28 bits per heavy atom. The lowest BCUT2D eigenvalue weighted by molar-refractivity contribution is -0.128. The van der Waals surface area contributed by atoms with Gasteiger partial charge < -0.3 is 29.2 Å². The summed E-state index contributed by atoms with van der Waals surface area (Å²) >= 11 is 0. The number of carbonyl (C=O) groups is 2. The van der Waals surface area contributed by atoms with Crippen LogP contribution < -0.4 is 19.5 Å². The quantitative estimate of drug-likeness (QED) is 0.708. The first kappa shape index (κ1) is 23.4. The Morgan fingerprint density at radius 2 is 1.69 bits per heavy atom. The molecule has 1 N–H and O–H groups in total. The van der Waals surface area contributed by atoms with Crippen molar-refractivity contribution in [1.82, 2.24) is 4.90 Å². The number of hydrogen-bond acceptors (Lipinski definition) is 6. The standard InChI is InChI=1S/C24H30N2O6/c1-16-6-8-18(9-7-16)32-24(2,3)23(28)25-19-14-17(15-20(29-4)21(19)30-5)22(27)26-10-12-31-13-11-26/h6-9,14-15H,10-13H2,1-5H3,(H,25,28). The van der Waals surface area contributed by atoms with Gasteiger partial charge in [0, 0.05) is 18.7 Å². The molecule has 0 bridgehead atoms. The van der Waals surface area contributed by atoms with E-state index in [2.05, 4.69) is 5.32 Å². The maximum absolute atomic E-state index is 13.1. The summed E-state index contributed by atoms with van der Waals surface area (Å²) in [6, 6.07) is 10.7. The predicted molar refractivity (Wildman–Crippen MR) is 121 cm³/mol. The van der Waals surface area contributed by atoms with E-state index in [1.807, 2.05) is 31.2 Å². The first-order chi connectivity index (χ1) is 15.2. The molecule has 0 radical (unpaired) electrons. The Morgan fingerprint density at radius 1 is 1.03 bits per heavy atom. The zero-order chi connectivity index (χ0) is 23.3. The Kier molecular flexibility index (Phi) is 7.25. The molecule has 1 saturated heterocycles. The van der Waals surface area contributed by atoms with Gasteiger partial charge in [0.25, 0.3) is 11.8 Å². The summed E-state index contributed by atoms with van der Waals surface area (Å²) in [6.45, 7) is 7.33. The first-order valence-corrected chi connectivity index (χ1v) is 10.5. The smallest absolute Gasteiger partial charge is 0.268 e. The fourth-order valence-corrected chi connectivity index (χ4v) is 3.35. The molecule has 0 aliphatic carbocycles. The number of carbonyl (C=O) groups excluding carboxylic acids is 2. The third-order valence-corrected chi connectivity index (χ3v) is 5.21. The average Bonchev–Trinajstić information content (AvgIpc) is 2.79. The number of benzene rings is 2. The number of nitrogens with zero attached hydrogens (tertiary/aromatic N) is 1. The van der Waals surface area contributed by atoms with Crippen LogP contribution in [0.1, 0.15) is 29.8 Å². The molecule has 3 rings (SSSR count). The van der Waals surface area contributed by atoms with Crippen LogP contribution in [0.25, 0.3) is 0 Å². The highest BCUT2D eigenvalue weighted by Crippen LogP contribution is 2.37. The second kappa shape index (κ2) is 9.91. The van der Waals surface area contributed by atoms with Crippen LogP contribution in [0.5, 0.6) is 17.2 Å². The topological polar surface area (TPSA) is 86.3 Å². The van der Waals surface area contributed by atoms with Crippen molar-refractivity contribution in [1.29, 1.82) is 0 Å². The summed E-state index contributed by atoms with van der Waals surface area (Å²) in [6.07, 6.45) is 0. The summed E-state index contributed by atoms with van der Waals surface area (Å²) in [5, 5.41) is 2.84. The van der Waals surface area contributed by atoms with Gasteiger partial charge in [-0.15, -0.1) is 0 Å². The van der Waals surface area contributed by atoms with E-state index in [4.69, 9.17) is 18.9 Å². The van der Waals surface area contributed by atoms with Crippen molar-refractivity contribution >= 4 is 17.5 Å². The summed E-state index contributed by atoms with van der Waals surface area (Å²) in [5.74, 6) is 0.690. The number of methoxy groups -OCH3 is 2. The van der Waals surface area contributed by atoms with E-state index in [1.54, 1.807) is 30.9 Å². The molecule has 0 spiro atoms. The van der Waals surface area contributed by atoms with Crippen molar-refractivity contribution in [3.05, 3.63) is 47.5 Å². The molecule has 1 heterocycles. The van der Waals surface area contributed by atoms with Crippen LogP contribution >= 0.6 is 0 Å². The molecule has 0 atom stereocenters. The van der Waals surface area contributed by atoms with Crippen LogP contribution in [0.15, 0.2) is 36.4 Å². The van der Waals surface area contributed by atoms with Crippen LogP contribution in [0.2, 0.25) is 0 Å². The first-order valence-electron chi connectivity index (χ1n) is 10.5. The molecule has 0 aromatic heterocycles. The van der Waals surface area contributed by atoms with E-state index in [1.165, 1.54) is 14.2 Å². The number of aryl methyl sites for hydroxylation is 1. The predicted octanol–water partition coefficient (Wildman–Crippen LogP) is 3.28. The van der Waals surface area contributed by atoms with E-state index in [0.29, 0.717) is 54.8 Å². The van der Waals surface area contributed by atoms with Crippen molar-refractivity contribution in [3.63, 3.8) is 0 Å². The summed E-state index contributed by atoms with van der Waals surface area (Å²) in [5.41, 5.74) is 0.627. The molecule has 1 aliphatic heterocycles. The van der Waals surface area contributed by atoms with Gasteiger partial charge in [-0.2, -0.15) is 0 Å². The van der Waals surface area contributed by atoms with Crippen molar-refractivity contribution in [2.75, 3.05) is 45.8 Å². The molecule has 1 fully saturated rings. The SMILES string of the molecule is COc1cc(C(=O)N2CCOCC2)cc(NC(=O)C(C)(C)Oc2ccc(C)cc2)c1OC. The van der Waals surface area contributed by atoms with Crippen LogP contribution in [0, 0.1) is 6.92 Å². The lowest BCUT2D eigenvalue weighted by Gasteiger charge is -2.28. The molecule has 1 aliphatic rings. The average molecular weight is 443 g/mol. The monoisotopic (exact) mass is 442 g/mol. The molecule has 8 heteroatoms. The number of amides is 2. The number of hydrogen-bond donors (Lipinski definition) is 1. The molecule has 0 unspecified atom stereocenters. The lowest BCUT2D eigenvalue weighted by atomic mass is 10.1. The third kappa shape index (κ3) is 5.31. The second-order valence-electron chi connectivity index (χ2n) is 8.04. The van der Waals surface area contributed by atoms with Gasteiger partial charge in [0.05, 0.1) is 33.1 Å². The fourth-order valence-electron chi connectivity index (χ4n) is 3.35. The van der Waals surface area contributed by atoms with Crippen LogP contribution in [0.3, 0.4) is 0 Å². The van der Waals surface area contributed by atoms with Crippen molar-refractivity contribution < 1.29 is 28.5 Å². The zero-order valence-electron chi connectivity index (χ0n) is 19.2. The maximum Gasteiger partial charge on any atom is 0.268 e. The molecule has 32 heavy (non-hydrogen) atoms. The number of ether oxygens (including phenoxy) is 4. The van der Waals surface area contributed by atoms with Gasteiger partial charge in [0.1, 0.15) is 5.75 Å². The summed E-state index contributed by atoms with van der Waals surface area (Å²) in [7, 11) is 2.96. The minimum Gasteiger partial charge on any atom is -0.493 e. The highest BCUT2D eigenvalue weighted by molar-refractivity contribution is 6.01. The maximum atomic E-state index is 13.1. The Labute approximate surface area is 188 Å². The van der Waals surface area contributed by atoms with Crippen LogP contribution in [-0.4, -0.2) is 62.8 Å². The minimum absolute atomic E-state index is 0.167. The molecule has 172 valence electrons. The number of nitrogens with one attached hydrogen (secondary N) is 1. The van der Waals surface area contributed by atoms with Crippen molar-refractivity contribution in [3.8, 4) is 17.2 Å². The van der Waals surface area contributed by atoms with Crippen molar-refractivity contribution in [2.24, 2.45) is 0 Å². The van der Waals surface area contributed by atoms with Crippen LogP contribution in [-0.2, 0) is 9.53 Å². The van der Waals surface area contributed by atoms with Gasteiger partial charge in [0.2, 0.25) is 0 Å². The Balaban J connectivity index is 1.86. The van der Waals surface area contributed by atoms with Gasteiger partial charge >= 0.3 is 0 Å². The van der Waals surface area contributed by atoms with E-state index in [-0.39, 0.29) is 5.91 Å². The zero-order valence-corrected chi connectivity index (χ0v) is 19.2. The summed E-state index contributed by atoms with van der Waals surface area (Å²) in [4.78, 5) is 27.8. The molecular weight excluding hydrogens is 412 g/mol. The fraction of sp³-hybridized carbons (Fsp3) is 0.417. The normalized spacial score (nSPS) is 14.0. The minimum atomic E-state index is -1.18. The van der Waals surface area contributed by atoms with E-state index in [0.717, 1.165) is 5.56 Å². The van der Waals surface area contributed by atoms with Crippen molar-refractivity contribution in [2.45, 2.75) is 26.4 Å². The molecular formula is C24H30N2O6. The van der Waals surface area contributed by atoms with Gasteiger partial charge in [0.15, 0.2) is 17.1 Å². The molecule has 2 aromatic rings. The van der Waals surface area contributed by atoms with Gasteiger partial charge in [-0.25, -0.2) is 0 Å². The lowest BCUT2D eigenvalue weighted by Crippen LogP contribution is -2.43. The Bertz CT molecular complexity index is 965. The molecule has 8 nitrogen and oxygen atoms in total. The number of anilines is 1. The van der Waals surface area contributed by atoms with E-state index in [9.17, 15) is 9.59 Å². The molecule has 2 aromatic carbocycles. The number of morpholine rings is 1. The van der Waals surface area contributed by atoms with E-state index < -0.39 is 11.5 Å². The van der Waals surface area contributed by atoms with Crippen LogP contribution in [0.4, 0.5) is 5.69 Å². The highest BCUT2D eigenvalue weighted by atomic mass is 16.5. The Hall–Kier alpha value is -3.26. The highest BCUT2D eigenvalue weighted by Gasteiger charge is 2.32. The largest absolute Gasteiger partial charge is 0.493 e. The number of rotatable bonds is 7. The second-order valence-corrected chi connectivity index (χ2v) is 8.04. The molecule has 0 saturated carbocycles. The molecule has 2 amide bonds. The van der Waals surface area contributed by atoms with Gasteiger partial charge in [-0.1, -0.05) is 17.7 Å². The third-order valence-electron chi connectivity index (χ3n) is 5.21. The van der Waals surface area contributed by atoms with E-state index >= 15 is 0 Å². The van der Waals surface area contributed by atoms with Gasteiger partial charge in [-0.3, -0.25) is 9.59 Å². The van der Waals surface area contributed by atoms with Gasteiger partial charge in [-0.05, 0) is 45.0 Å². The summed E-state index contributed by atoms with van der Waals surface area (Å²) < 4.78 is 22.1.